The van der Waals surface area contributed by atoms with Gasteiger partial charge in [0.05, 0.1) is 15.8 Å². The maximum Gasteiger partial charge on any atom is 0.261 e. The third kappa shape index (κ3) is 3.42. The molecule has 5 nitrogen and oxygen atoms in total. The Labute approximate surface area is 145 Å². The molecule has 0 saturated carbocycles. The first kappa shape index (κ1) is 16.9. The number of fused-ring (bicyclic) bond motifs is 1. The van der Waals surface area contributed by atoms with E-state index < -0.39 is 10.0 Å². The molecule has 0 fully saturated rings. The van der Waals surface area contributed by atoms with Crippen molar-refractivity contribution in [2.45, 2.75) is 35.3 Å². The van der Waals surface area contributed by atoms with Gasteiger partial charge in [-0.15, -0.1) is 11.8 Å². The van der Waals surface area contributed by atoms with Crippen LogP contribution < -0.4 is 10.0 Å². The van der Waals surface area contributed by atoms with Crippen molar-refractivity contribution < 1.29 is 13.2 Å². The monoisotopic (exact) mass is 362 g/mol. The fourth-order valence-corrected chi connectivity index (χ4v) is 4.39. The van der Waals surface area contributed by atoms with Crippen LogP contribution in [-0.2, 0) is 21.2 Å². The summed E-state index contributed by atoms with van der Waals surface area (Å²) in [5.41, 5.74) is 2.19. The number of anilines is 2. The SMILES string of the molecule is CCc1ccc(NS(=O)(=O)c2ccc3c(c2)NC(=O)C(C)S3)cc1. The van der Waals surface area contributed by atoms with Crippen LogP contribution in [0.15, 0.2) is 52.3 Å². The lowest BCUT2D eigenvalue weighted by Crippen LogP contribution is -2.26. The number of rotatable bonds is 4. The van der Waals surface area contributed by atoms with Gasteiger partial charge >= 0.3 is 0 Å². The van der Waals surface area contributed by atoms with Gasteiger partial charge in [-0.3, -0.25) is 9.52 Å². The Morgan fingerprint density at radius 2 is 1.88 bits per heavy atom. The van der Waals surface area contributed by atoms with Gasteiger partial charge in [0.15, 0.2) is 0 Å². The fraction of sp³-hybridized carbons (Fsp3) is 0.235. The maximum atomic E-state index is 12.6. The normalized spacial score (nSPS) is 17.1. The number of carbonyl (C=O) groups excluding carboxylic acids is 1. The summed E-state index contributed by atoms with van der Waals surface area (Å²) in [6, 6.07) is 12.0. The molecule has 1 aliphatic heterocycles. The molecule has 2 N–H and O–H groups in total. The van der Waals surface area contributed by atoms with E-state index in [9.17, 15) is 13.2 Å². The van der Waals surface area contributed by atoms with E-state index >= 15 is 0 Å². The minimum atomic E-state index is -3.71. The molecule has 3 rings (SSSR count). The standard InChI is InChI=1S/C17H18N2O3S2/c1-3-12-4-6-13(7-5-12)19-24(21,22)14-8-9-16-15(10-14)18-17(20)11(2)23-16/h4-11,19H,3H2,1-2H3,(H,18,20). The van der Waals surface area contributed by atoms with Crippen molar-refractivity contribution in [1.82, 2.24) is 0 Å². The van der Waals surface area contributed by atoms with E-state index in [2.05, 4.69) is 10.0 Å². The van der Waals surface area contributed by atoms with Crippen LogP contribution in [0, 0.1) is 0 Å². The minimum absolute atomic E-state index is 0.120. The van der Waals surface area contributed by atoms with E-state index in [-0.39, 0.29) is 16.1 Å². The zero-order valence-corrected chi connectivity index (χ0v) is 15.0. The third-order valence-electron chi connectivity index (χ3n) is 3.81. The van der Waals surface area contributed by atoms with Gasteiger partial charge in [-0.2, -0.15) is 0 Å². The van der Waals surface area contributed by atoms with Gasteiger partial charge in [0.25, 0.3) is 10.0 Å². The van der Waals surface area contributed by atoms with Gasteiger partial charge in [0.1, 0.15) is 0 Å². The number of nitrogens with one attached hydrogen (secondary N) is 2. The first-order valence-electron chi connectivity index (χ1n) is 7.62. The molecule has 0 aliphatic carbocycles. The Bertz CT molecular complexity index is 877. The van der Waals surface area contributed by atoms with Gasteiger partial charge in [0, 0.05) is 10.6 Å². The molecular formula is C17H18N2O3S2. The summed E-state index contributed by atoms with van der Waals surface area (Å²) in [6.45, 7) is 3.86. The van der Waals surface area contributed by atoms with Crippen molar-refractivity contribution in [2.24, 2.45) is 0 Å². The number of hydrogen-bond acceptors (Lipinski definition) is 4. The zero-order chi connectivity index (χ0) is 17.3. The molecule has 0 radical (unpaired) electrons. The van der Waals surface area contributed by atoms with Crippen LogP contribution in [0.25, 0.3) is 0 Å². The highest BCUT2D eigenvalue weighted by molar-refractivity contribution is 8.01. The molecule has 7 heteroatoms. The number of sulfonamides is 1. The Balaban J connectivity index is 1.87. The summed E-state index contributed by atoms with van der Waals surface area (Å²) in [5.74, 6) is -0.120. The summed E-state index contributed by atoms with van der Waals surface area (Å²) < 4.78 is 27.7. The van der Waals surface area contributed by atoms with Crippen molar-refractivity contribution in [1.29, 1.82) is 0 Å². The lowest BCUT2D eigenvalue weighted by Gasteiger charge is -2.22. The Kier molecular flexibility index (Phi) is 4.56. The highest BCUT2D eigenvalue weighted by Crippen LogP contribution is 2.36. The molecule has 1 heterocycles. The lowest BCUT2D eigenvalue weighted by molar-refractivity contribution is -0.115. The van der Waals surface area contributed by atoms with E-state index in [1.807, 2.05) is 26.0 Å². The molecule has 126 valence electrons. The van der Waals surface area contributed by atoms with Crippen LogP contribution in [0.3, 0.4) is 0 Å². The number of thioether (sulfide) groups is 1. The number of amides is 1. The molecule has 24 heavy (non-hydrogen) atoms. The topological polar surface area (TPSA) is 75.3 Å². The molecule has 1 aliphatic rings. The third-order valence-corrected chi connectivity index (χ3v) is 6.36. The lowest BCUT2D eigenvalue weighted by atomic mass is 10.2. The molecule has 2 aromatic carbocycles. The van der Waals surface area contributed by atoms with Crippen LogP contribution in [0.2, 0.25) is 0 Å². The summed E-state index contributed by atoms with van der Waals surface area (Å²) in [5, 5.41) is 2.56. The minimum Gasteiger partial charge on any atom is -0.324 e. The Hall–Kier alpha value is -1.99. The summed E-state index contributed by atoms with van der Waals surface area (Å²) in [6.07, 6.45) is 0.896. The highest BCUT2D eigenvalue weighted by Gasteiger charge is 2.25. The molecule has 0 saturated heterocycles. The van der Waals surface area contributed by atoms with E-state index in [1.165, 1.54) is 17.8 Å². The van der Waals surface area contributed by atoms with Crippen molar-refractivity contribution in [3.05, 3.63) is 48.0 Å². The van der Waals surface area contributed by atoms with Crippen LogP contribution >= 0.6 is 11.8 Å². The van der Waals surface area contributed by atoms with Crippen molar-refractivity contribution in [3.8, 4) is 0 Å². The quantitative estimate of drug-likeness (QED) is 0.873. The average Bonchev–Trinajstić information content (AvgIpc) is 2.56. The van der Waals surface area contributed by atoms with E-state index in [4.69, 9.17) is 0 Å². The van der Waals surface area contributed by atoms with Crippen LogP contribution in [-0.4, -0.2) is 19.6 Å². The second-order valence-electron chi connectivity index (χ2n) is 5.56. The molecular weight excluding hydrogens is 344 g/mol. The molecule has 1 unspecified atom stereocenters. The van der Waals surface area contributed by atoms with Gasteiger partial charge in [-0.1, -0.05) is 19.1 Å². The second kappa shape index (κ2) is 6.49. The predicted octanol–water partition coefficient (Wildman–Crippen LogP) is 3.48. The molecule has 0 bridgehead atoms. The highest BCUT2D eigenvalue weighted by atomic mass is 32.2. The van der Waals surface area contributed by atoms with Crippen molar-refractivity contribution >= 4 is 39.1 Å². The molecule has 2 aromatic rings. The van der Waals surface area contributed by atoms with Crippen molar-refractivity contribution in [2.75, 3.05) is 10.0 Å². The van der Waals surface area contributed by atoms with Crippen molar-refractivity contribution in [3.63, 3.8) is 0 Å². The first-order valence-corrected chi connectivity index (χ1v) is 9.98. The van der Waals surface area contributed by atoms with Gasteiger partial charge in [-0.05, 0) is 49.2 Å². The number of hydrogen-bond donors (Lipinski definition) is 2. The Morgan fingerprint density at radius 3 is 2.54 bits per heavy atom. The van der Waals surface area contributed by atoms with E-state index in [1.54, 1.807) is 24.3 Å². The molecule has 1 atom stereocenters. The fourth-order valence-electron chi connectivity index (χ4n) is 2.38. The Morgan fingerprint density at radius 1 is 1.17 bits per heavy atom. The van der Waals surface area contributed by atoms with E-state index in [0.29, 0.717) is 11.4 Å². The zero-order valence-electron chi connectivity index (χ0n) is 13.4. The maximum absolute atomic E-state index is 12.6. The largest absolute Gasteiger partial charge is 0.324 e. The molecule has 0 spiro atoms. The summed E-state index contributed by atoms with van der Waals surface area (Å²) in [7, 11) is -3.71. The molecule has 1 amide bonds. The predicted molar refractivity (Wildman–Crippen MR) is 97.0 cm³/mol. The van der Waals surface area contributed by atoms with Crippen LogP contribution in [0.4, 0.5) is 11.4 Å². The van der Waals surface area contributed by atoms with Gasteiger partial charge < -0.3 is 5.32 Å². The van der Waals surface area contributed by atoms with E-state index in [0.717, 1.165) is 16.9 Å². The summed E-state index contributed by atoms with van der Waals surface area (Å²) in [4.78, 5) is 12.8. The van der Waals surface area contributed by atoms with Crippen LogP contribution in [0.5, 0.6) is 0 Å². The number of aryl methyl sites for hydroxylation is 1. The average molecular weight is 362 g/mol. The van der Waals surface area contributed by atoms with Crippen LogP contribution in [0.1, 0.15) is 19.4 Å². The van der Waals surface area contributed by atoms with Gasteiger partial charge in [-0.25, -0.2) is 8.42 Å². The smallest absolute Gasteiger partial charge is 0.261 e. The second-order valence-corrected chi connectivity index (χ2v) is 8.63. The molecule has 0 aromatic heterocycles. The number of carbonyl (C=O) groups is 1. The summed E-state index contributed by atoms with van der Waals surface area (Å²) >= 11 is 1.42. The first-order chi connectivity index (χ1) is 11.4. The number of benzene rings is 2. The van der Waals surface area contributed by atoms with Gasteiger partial charge in [0.2, 0.25) is 5.91 Å².